The van der Waals surface area contributed by atoms with E-state index in [-0.39, 0.29) is 17.6 Å². The van der Waals surface area contributed by atoms with E-state index in [0.29, 0.717) is 18.5 Å². The minimum atomic E-state index is -0.149. The lowest BCUT2D eigenvalue weighted by molar-refractivity contribution is -0.135. The van der Waals surface area contributed by atoms with Crippen molar-refractivity contribution in [3.05, 3.63) is 29.8 Å². The smallest absolute Gasteiger partial charge is 0.227 e. The Balaban J connectivity index is 2.09. The summed E-state index contributed by atoms with van der Waals surface area (Å²) in [7, 11) is 0. The first-order chi connectivity index (χ1) is 8.61. The van der Waals surface area contributed by atoms with Gasteiger partial charge in [-0.2, -0.15) is 0 Å². The Morgan fingerprint density at radius 1 is 1.56 bits per heavy atom. The summed E-state index contributed by atoms with van der Waals surface area (Å²) in [5, 5.41) is 9.45. The minimum Gasteiger partial charge on any atom is -0.508 e. The van der Waals surface area contributed by atoms with Crippen molar-refractivity contribution in [2.45, 2.75) is 32.4 Å². The van der Waals surface area contributed by atoms with E-state index in [1.807, 2.05) is 17.9 Å². The Labute approximate surface area is 112 Å². The van der Waals surface area contributed by atoms with Gasteiger partial charge in [-0.25, -0.2) is 0 Å². The van der Waals surface area contributed by atoms with Crippen LogP contribution in [0, 0.1) is 5.92 Å². The molecule has 1 N–H and O–H groups in total. The largest absolute Gasteiger partial charge is 0.508 e. The number of carbonyl (C=O) groups is 1. The molecule has 1 aromatic rings. The number of halogens is 1. The third-order valence-electron chi connectivity index (χ3n) is 3.19. The Morgan fingerprint density at radius 2 is 2.28 bits per heavy atom. The molecule has 3 nitrogen and oxygen atoms in total. The minimum absolute atomic E-state index is 0.107. The van der Waals surface area contributed by atoms with Gasteiger partial charge >= 0.3 is 0 Å². The van der Waals surface area contributed by atoms with E-state index in [1.54, 1.807) is 18.2 Å². The van der Waals surface area contributed by atoms with Crippen LogP contribution in [0.25, 0.3) is 0 Å². The SMILES string of the molecule is CC(CCl)C(=O)N(Cc1cccc(O)c1)C1CC1. The molecule has 0 heterocycles. The van der Waals surface area contributed by atoms with Crippen LogP contribution in [0.1, 0.15) is 25.3 Å². The summed E-state index contributed by atoms with van der Waals surface area (Å²) in [5.41, 5.74) is 0.956. The van der Waals surface area contributed by atoms with Gasteiger partial charge in [0.25, 0.3) is 0 Å². The predicted octanol–water partition coefficient (Wildman–Crippen LogP) is 2.76. The zero-order valence-corrected chi connectivity index (χ0v) is 11.2. The number of aromatic hydroxyl groups is 1. The molecule has 1 aromatic carbocycles. The highest BCUT2D eigenvalue weighted by Crippen LogP contribution is 2.30. The molecular formula is C14H18ClNO2. The molecule has 0 bridgehead atoms. The predicted molar refractivity (Wildman–Crippen MR) is 71.6 cm³/mol. The van der Waals surface area contributed by atoms with Crippen LogP contribution in [-0.2, 0) is 11.3 Å². The Bertz CT molecular complexity index is 432. The van der Waals surface area contributed by atoms with E-state index >= 15 is 0 Å². The lowest BCUT2D eigenvalue weighted by Gasteiger charge is -2.25. The molecule has 2 rings (SSSR count). The van der Waals surface area contributed by atoms with Crippen LogP contribution in [0.3, 0.4) is 0 Å². The molecule has 4 heteroatoms. The number of hydrogen-bond donors (Lipinski definition) is 1. The molecule has 1 aliphatic rings. The van der Waals surface area contributed by atoms with Gasteiger partial charge in [0.15, 0.2) is 0 Å². The van der Waals surface area contributed by atoms with E-state index in [1.165, 1.54) is 0 Å². The molecule has 0 radical (unpaired) electrons. The van der Waals surface area contributed by atoms with Crippen molar-refractivity contribution >= 4 is 17.5 Å². The lowest BCUT2D eigenvalue weighted by Crippen LogP contribution is -2.37. The van der Waals surface area contributed by atoms with Crippen molar-refractivity contribution in [3.8, 4) is 5.75 Å². The first kappa shape index (κ1) is 13.2. The third kappa shape index (κ3) is 3.16. The molecule has 0 spiro atoms. The van der Waals surface area contributed by atoms with E-state index in [4.69, 9.17) is 11.6 Å². The van der Waals surface area contributed by atoms with Crippen molar-refractivity contribution < 1.29 is 9.90 Å². The second-order valence-corrected chi connectivity index (χ2v) is 5.23. The number of benzene rings is 1. The van der Waals surface area contributed by atoms with Crippen LogP contribution in [0.15, 0.2) is 24.3 Å². The Hall–Kier alpha value is -1.22. The van der Waals surface area contributed by atoms with Gasteiger partial charge in [-0.1, -0.05) is 19.1 Å². The molecule has 0 saturated heterocycles. The van der Waals surface area contributed by atoms with Crippen molar-refractivity contribution in [1.29, 1.82) is 0 Å². The molecular weight excluding hydrogens is 250 g/mol. The maximum absolute atomic E-state index is 12.2. The Morgan fingerprint density at radius 3 is 2.83 bits per heavy atom. The monoisotopic (exact) mass is 267 g/mol. The van der Waals surface area contributed by atoms with E-state index in [9.17, 15) is 9.90 Å². The third-order valence-corrected chi connectivity index (χ3v) is 3.65. The van der Waals surface area contributed by atoms with Crippen LogP contribution in [0.2, 0.25) is 0 Å². The van der Waals surface area contributed by atoms with Crippen molar-refractivity contribution in [1.82, 2.24) is 4.90 Å². The second-order valence-electron chi connectivity index (χ2n) is 4.92. The fourth-order valence-corrected chi connectivity index (χ4v) is 2.11. The second kappa shape index (κ2) is 5.61. The van der Waals surface area contributed by atoms with Crippen LogP contribution >= 0.6 is 11.6 Å². The number of nitrogens with zero attached hydrogens (tertiary/aromatic N) is 1. The van der Waals surface area contributed by atoms with Crippen LogP contribution in [-0.4, -0.2) is 27.8 Å². The highest BCUT2D eigenvalue weighted by atomic mass is 35.5. The van der Waals surface area contributed by atoms with Crippen LogP contribution in [0.4, 0.5) is 0 Å². The first-order valence-corrected chi connectivity index (χ1v) is 6.79. The quantitative estimate of drug-likeness (QED) is 0.834. The van der Waals surface area contributed by atoms with Gasteiger partial charge in [-0.05, 0) is 30.5 Å². The topological polar surface area (TPSA) is 40.5 Å². The van der Waals surface area contributed by atoms with Gasteiger partial charge in [0.1, 0.15) is 5.75 Å². The normalized spacial score (nSPS) is 16.3. The van der Waals surface area contributed by atoms with E-state index in [2.05, 4.69) is 0 Å². The molecule has 18 heavy (non-hydrogen) atoms. The van der Waals surface area contributed by atoms with Crippen LogP contribution < -0.4 is 0 Å². The zero-order chi connectivity index (χ0) is 13.1. The molecule has 1 fully saturated rings. The van der Waals surface area contributed by atoms with Gasteiger partial charge < -0.3 is 10.0 Å². The molecule has 0 aliphatic heterocycles. The molecule has 1 atom stereocenters. The van der Waals surface area contributed by atoms with E-state index in [0.717, 1.165) is 18.4 Å². The number of phenolic OH excluding ortho intramolecular Hbond substituents is 1. The number of carbonyl (C=O) groups excluding carboxylic acids is 1. The standard InChI is InChI=1S/C14H18ClNO2/c1-10(8-15)14(18)16(12-5-6-12)9-11-3-2-4-13(17)7-11/h2-4,7,10,12,17H,5-6,8-9H2,1H3. The maximum atomic E-state index is 12.2. The summed E-state index contributed by atoms with van der Waals surface area (Å²) in [4.78, 5) is 14.1. The molecule has 1 aliphatic carbocycles. The number of amides is 1. The number of rotatable bonds is 5. The lowest BCUT2D eigenvalue weighted by atomic mass is 10.1. The molecule has 1 unspecified atom stereocenters. The zero-order valence-electron chi connectivity index (χ0n) is 10.5. The van der Waals surface area contributed by atoms with Crippen molar-refractivity contribution in [2.75, 3.05) is 5.88 Å². The van der Waals surface area contributed by atoms with E-state index < -0.39 is 0 Å². The number of hydrogen-bond acceptors (Lipinski definition) is 2. The van der Waals surface area contributed by atoms with Gasteiger partial charge in [0.2, 0.25) is 5.91 Å². The molecule has 0 aromatic heterocycles. The van der Waals surface area contributed by atoms with Crippen molar-refractivity contribution in [3.63, 3.8) is 0 Å². The Kier molecular flexibility index (Phi) is 4.12. The van der Waals surface area contributed by atoms with Crippen molar-refractivity contribution in [2.24, 2.45) is 5.92 Å². The summed E-state index contributed by atoms with van der Waals surface area (Å²) < 4.78 is 0. The van der Waals surface area contributed by atoms with Gasteiger partial charge in [-0.15, -0.1) is 11.6 Å². The summed E-state index contributed by atoms with van der Waals surface area (Å²) in [5.74, 6) is 0.545. The highest BCUT2D eigenvalue weighted by Gasteiger charge is 2.34. The summed E-state index contributed by atoms with van der Waals surface area (Å²) in [6, 6.07) is 7.41. The molecule has 1 amide bonds. The fraction of sp³-hybridized carbons (Fsp3) is 0.500. The number of phenols is 1. The average molecular weight is 268 g/mol. The summed E-state index contributed by atoms with van der Waals surface area (Å²) >= 11 is 5.76. The van der Waals surface area contributed by atoms with Crippen LogP contribution in [0.5, 0.6) is 5.75 Å². The highest BCUT2D eigenvalue weighted by molar-refractivity contribution is 6.19. The fourth-order valence-electron chi connectivity index (χ4n) is 1.97. The number of alkyl halides is 1. The maximum Gasteiger partial charge on any atom is 0.227 e. The van der Waals surface area contributed by atoms with Gasteiger partial charge in [0, 0.05) is 24.4 Å². The summed E-state index contributed by atoms with van der Waals surface area (Å²) in [6.45, 7) is 2.41. The van der Waals surface area contributed by atoms with Gasteiger partial charge in [-0.3, -0.25) is 4.79 Å². The van der Waals surface area contributed by atoms with Gasteiger partial charge in [0.05, 0.1) is 0 Å². The average Bonchev–Trinajstić information content (AvgIpc) is 3.18. The molecule has 1 saturated carbocycles. The molecule has 98 valence electrons. The summed E-state index contributed by atoms with van der Waals surface area (Å²) in [6.07, 6.45) is 2.14. The first-order valence-electron chi connectivity index (χ1n) is 6.26.